The van der Waals surface area contributed by atoms with Gasteiger partial charge in [-0.25, -0.2) is 4.79 Å². The summed E-state index contributed by atoms with van der Waals surface area (Å²) >= 11 is 0. The molecule has 0 fully saturated rings. The molecule has 0 aliphatic heterocycles. The van der Waals surface area contributed by atoms with E-state index in [9.17, 15) is 4.79 Å². The lowest BCUT2D eigenvalue weighted by atomic mass is 10.4. The van der Waals surface area contributed by atoms with Crippen molar-refractivity contribution >= 4 is 5.97 Å². The molecule has 3 nitrogen and oxygen atoms in total. The number of allylic oxidation sites excluding steroid dienone is 1. The van der Waals surface area contributed by atoms with Crippen LogP contribution in [0.3, 0.4) is 0 Å². The van der Waals surface area contributed by atoms with Gasteiger partial charge in [0.25, 0.3) is 0 Å². The van der Waals surface area contributed by atoms with Crippen LogP contribution in [0.4, 0.5) is 0 Å². The normalized spacial score (nSPS) is 12.3. The molecule has 64 valence electrons. The van der Waals surface area contributed by atoms with Crippen LogP contribution in [0.15, 0.2) is 12.3 Å². The fraction of sp³-hybridized carbons (Fsp3) is 0.625. The third-order valence-electron chi connectivity index (χ3n) is 1.02. The maximum Gasteiger partial charge on any atom is 0.339 e. The minimum atomic E-state index is -0.503. The third kappa shape index (κ3) is 4.56. The quantitative estimate of drug-likeness (QED) is 0.459. The van der Waals surface area contributed by atoms with Gasteiger partial charge in [0.2, 0.25) is 0 Å². The highest BCUT2D eigenvalue weighted by Gasteiger charge is 2.13. The zero-order valence-corrected chi connectivity index (χ0v) is 7.22. The van der Waals surface area contributed by atoms with Gasteiger partial charge < -0.3 is 9.47 Å². The van der Waals surface area contributed by atoms with Crippen molar-refractivity contribution in [3.8, 4) is 0 Å². The molecule has 0 aromatic rings. The number of hydrogen-bond donors (Lipinski definition) is 0. The molecule has 0 amide bonds. The summed E-state index contributed by atoms with van der Waals surface area (Å²) in [7, 11) is 0. The van der Waals surface area contributed by atoms with E-state index in [1.54, 1.807) is 13.8 Å². The highest BCUT2D eigenvalue weighted by molar-refractivity contribution is 5.75. The molecule has 0 rings (SSSR count). The Morgan fingerprint density at radius 3 is 2.55 bits per heavy atom. The average Bonchev–Trinajstić information content (AvgIpc) is 1.86. The van der Waals surface area contributed by atoms with Crippen LogP contribution in [0.25, 0.3) is 0 Å². The van der Waals surface area contributed by atoms with E-state index in [1.165, 1.54) is 0 Å². The first kappa shape index (κ1) is 10.2. The van der Waals surface area contributed by atoms with Crippen molar-refractivity contribution in [2.75, 3.05) is 6.61 Å². The minimum absolute atomic E-state index is 0.389. The van der Waals surface area contributed by atoms with Crippen LogP contribution >= 0.6 is 0 Å². The molecule has 0 saturated heterocycles. The SMILES string of the molecule is C=C(C)OC(=O)C(C)OCC. The van der Waals surface area contributed by atoms with Gasteiger partial charge in [0.15, 0.2) is 6.10 Å². The molecule has 0 radical (unpaired) electrons. The van der Waals surface area contributed by atoms with Crippen molar-refractivity contribution < 1.29 is 14.3 Å². The first-order chi connectivity index (χ1) is 5.07. The van der Waals surface area contributed by atoms with E-state index in [2.05, 4.69) is 6.58 Å². The van der Waals surface area contributed by atoms with E-state index in [-0.39, 0.29) is 5.97 Å². The van der Waals surface area contributed by atoms with Crippen molar-refractivity contribution in [2.24, 2.45) is 0 Å². The van der Waals surface area contributed by atoms with Crippen LogP contribution in [0.1, 0.15) is 20.8 Å². The number of carbonyl (C=O) groups excluding carboxylic acids is 1. The van der Waals surface area contributed by atoms with Gasteiger partial charge in [0, 0.05) is 6.61 Å². The monoisotopic (exact) mass is 158 g/mol. The summed E-state index contributed by atoms with van der Waals surface area (Å²) < 4.78 is 9.70. The van der Waals surface area contributed by atoms with E-state index >= 15 is 0 Å². The minimum Gasteiger partial charge on any atom is -0.430 e. The van der Waals surface area contributed by atoms with Crippen LogP contribution in [0.2, 0.25) is 0 Å². The smallest absolute Gasteiger partial charge is 0.339 e. The number of ether oxygens (including phenoxy) is 2. The zero-order valence-electron chi connectivity index (χ0n) is 7.22. The lowest BCUT2D eigenvalue weighted by Gasteiger charge is -2.09. The Labute approximate surface area is 67.0 Å². The van der Waals surface area contributed by atoms with Crippen LogP contribution in [-0.4, -0.2) is 18.7 Å². The maximum atomic E-state index is 10.9. The second-order valence-electron chi connectivity index (χ2n) is 2.22. The number of carbonyl (C=O) groups is 1. The highest BCUT2D eigenvalue weighted by Crippen LogP contribution is 1.98. The number of rotatable bonds is 4. The van der Waals surface area contributed by atoms with Gasteiger partial charge in [-0.15, -0.1) is 0 Å². The van der Waals surface area contributed by atoms with Crippen LogP contribution in [0.5, 0.6) is 0 Å². The predicted molar refractivity (Wildman–Crippen MR) is 42.0 cm³/mol. The molecule has 1 atom stereocenters. The Kier molecular flexibility index (Phi) is 4.54. The summed E-state index contributed by atoms with van der Waals surface area (Å²) in [6.07, 6.45) is -0.503. The van der Waals surface area contributed by atoms with Gasteiger partial charge in [-0.1, -0.05) is 6.58 Å². The first-order valence-electron chi connectivity index (χ1n) is 3.56. The third-order valence-corrected chi connectivity index (χ3v) is 1.02. The second kappa shape index (κ2) is 4.91. The van der Waals surface area contributed by atoms with Crippen molar-refractivity contribution in [1.29, 1.82) is 0 Å². The summed E-state index contributed by atoms with van der Waals surface area (Å²) in [6, 6.07) is 0. The molecular formula is C8H14O3. The van der Waals surface area contributed by atoms with Crippen LogP contribution in [-0.2, 0) is 14.3 Å². The van der Waals surface area contributed by atoms with Gasteiger partial charge in [0.05, 0.1) is 5.76 Å². The van der Waals surface area contributed by atoms with E-state index in [0.29, 0.717) is 12.4 Å². The molecule has 0 heterocycles. The van der Waals surface area contributed by atoms with Crippen molar-refractivity contribution in [2.45, 2.75) is 26.9 Å². The van der Waals surface area contributed by atoms with Crippen molar-refractivity contribution in [1.82, 2.24) is 0 Å². The summed E-state index contributed by atoms with van der Waals surface area (Å²) in [5, 5.41) is 0. The molecule has 0 aromatic carbocycles. The van der Waals surface area contributed by atoms with Gasteiger partial charge in [-0.3, -0.25) is 0 Å². The molecule has 0 aliphatic rings. The summed E-state index contributed by atoms with van der Waals surface area (Å²) in [5.41, 5.74) is 0. The zero-order chi connectivity index (χ0) is 8.85. The topological polar surface area (TPSA) is 35.5 Å². The van der Waals surface area contributed by atoms with Gasteiger partial charge in [0.1, 0.15) is 0 Å². The maximum absolute atomic E-state index is 10.9. The molecule has 11 heavy (non-hydrogen) atoms. The fourth-order valence-electron chi connectivity index (χ4n) is 0.573. The molecule has 0 N–H and O–H groups in total. The van der Waals surface area contributed by atoms with Crippen LogP contribution < -0.4 is 0 Å². The molecule has 0 aliphatic carbocycles. The lowest BCUT2D eigenvalue weighted by Crippen LogP contribution is -2.22. The molecule has 0 spiro atoms. The first-order valence-corrected chi connectivity index (χ1v) is 3.56. The van der Waals surface area contributed by atoms with Crippen LogP contribution in [0, 0.1) is 0 Å². The van der Waals surface area contributed by atoms with E-state index in [0.717, 1.165) is 0 Å². The number of esters is 1. The largest absolute Gasteiger partial charge is 0.430 e. The highest BCUT2D eigenvalue weighted by atomic mass is 16.6. The van der Waals surface area contributed by atoms with Gasteiger partial charge >= 0.3 is 5.97 Å². The van der Waals surface area contributed by atoms with Gasteiger partial charge in [-0.05, 0) is 20.8 Å². The summed E-state index contributed by atoms with van der Waals surface area (Å²) in [6.45, 7) is 9.04. The van der Waals surface area contributed by atoms with E-state index < -0.39 is 6.10 Å². The predicted octanol–water partition coefficient (Wildman–Crippen LogP) is 1.49. The molecular weight excluding hydrogens is 144 g/mol. The molecule has 3 heteroatoms. The number of hydrogen-bond acceptors (Lipinski definition) is 3. The fourth-order valence-corrected chi connectivity index (χ4v) is 0.573. The van der Waals surface area contributed by atoms with Gasteiger partial charge in [-0.2, -0.15) is 0 Å². The molecule has 0 bridgehead atoms. The average molecular weight is 158 g/mol. The van der Waals surface area contributed by atoms with Crippen molar-refractivity contribution in [3.05, 3.63) is 12.3 Å². The van der Waals surface area contributed by atoms with E-state index in [1.807, 2.05) is 6.92 Å². The second-order valence-corrected chi connectivity index (χ2v) is 2.22. The Balaban J connectivity index is 3.73. The summed E-state index contributed by atoms with van der Waals surface area (Å²) in [4.78, 5) is 10.9. The Hall–Kier alpha value is -0.830. The Morgan fingerprint density at radius 2 is 2.18 bits per heavy atom. The standard InChI is InChI=1S/C8H14O3/c1-5-10-7(4)8(9)11-6(2)3/h7H,2,5H2,1,3-4H3. The summed E-state index contributed by atoms with van der Waals surface area (Å²) in [5.74, 6) is 0.000836. The molecule has 0 saturated carbocycles. The Morgan fingerprint density at radius 1 is 1.64 bits per heavy atom. The van der Waals surface area contributed by atoms with E-state index in [4.69, 9.17) is 9.47 Å². The Bertz CT molecular complexity index is 151. The molecule has 1 unspecified atom stereocenters. The lowest BCUT2D eigenvalue weighted by molar-refractivity contribution is -0.151. The molecule has 0 aromatic heterocycles. The van der Waals surface area contributed by atoms with Crippen molar-refractivity contribution in [3.63, 3.8) is 0 Å².